The molecule has 2 N–H and O–H groups in total. The summed E-state index contributed by atoms with van der Waals surface area (Å²) in [6.45, 7) is 5.65. The van der Waals surface area contributed by atoms with Crippen LogP contribution in [0.3, 0.4) is 0 Å². The Bertz CT molecular complexity index is 335. The summed E-state index contributed by atoms with van der Waals surface area (Å²) in [5.41, 5.74) is 6.69. The van der Waals surface area contributed by atoms with E-state index in [9.17, 15) is 4.79 Å². The van der Waals surface area contributed by atoms with Crippen LogP contribution in [0.5, 0.6) is 0 Å². The van der Waals surface area contributed by atoms with E-state index in [1.165, 1.54) is 0 Å². The molecule has 0 heterocycles. The smallest absolute Gasteiger partial charge is 0.323 e. The maximum Gasteiger partial charge on any atom is 0.323 e. The summed E-state index contributed by atoms with van der Waals surface area (Å²) in [6.07, 6.45) is -0.251. The summed E-state index contributed by atoms with van der Waals surface area (Å²) < 4.78 is 5.30. The standard InChI is InChI=1S/C13H19NO2/c1-9(2)12(14)13(15)16-10(3)11-7-5-4-6-8-11/h4-10,12H,14H2,1-3H3/t10?,12-/m0/s1. The lowest BCUT2D eigenvalue weighted by atomic mass is 10.1. The molecule has 0 aliphatic rings. The highest BCUT2D eigenvalue weighted by Crippen LogP contribution is 2.17. The summed E-state index contributed by atoms with van der Waals surface area (Å²) in [5.74, 6) is -0.248. The van der Waals surface area contributed by atoms with Gasteiger partial charge in [0.25, 0.3) is 0 Å². The van der Waals surface area contributed by atoms with Crippen molar-refractivity contribution in [1.29, 1.82) is 0 Å². The third kappa shape index (κ3) is 3.35. The highest BCUT2D eigenvalue weighted by Gasteiger charge is 2.21. The molecule has 0 amide bonds. The molecule has 1 unspecified atom stereocenters. The minimum Gasteiger partial charge on any atom is -0.457 e. The van der Waals surface area contributed by atoms with Crippen molar-refractivity contribution in [3.63, 3.8) is 0 Å². The molecule has 3 heteroatoms. The zero-order valence-electron chi connectivity index (χ0n) is 10.0. The van der Waals surface area contributed by atoms with Crippen molar-refractivity contribution in [1.82, 2.24) is 0 Å². The highest BCUT2D eigenvalue weighted by molar-refractivity contribution is 5.76. The van der Waals surface area contributed by atoms with Crippen LogP contribution in [0.2, 0.25) is 0 Å². The van der Waals surface area contributed by atoms with Gasteiger partial charge >= 0.3 is 5.97 Å². The van der Waals surface area contributed by atoms with Crippen molar-refractivity contribution in [2.45, 2.75) is 32.9 Å². The van der Waals surface area contributed by atoms with E-state index in [4.69, 9.17) is 10.5 Å². The van der Waals surface area contributed by atoms with Crippen LogP contribution in [0.4, 0.5) is 0 Å². The second-order valence-electron chi connectivity index (χ2n) is 4.26. The van der Waals surface area contributed by atoms with Gasteiger partial charge in [-0.3, -0.25) is 4.79 Å². The van der Waals surface area contributed by atoms with Gasteiger partial charge in [-0.2, -0.15) is 0 Å². The van der Waals surface area contributed by atoms with Crippen LogP contribution in [0.25, 0.3) is 0 Å². The van der Waals surface area contributed by atoms with Gasteiger partial charge in [-0.15, -0.1) is 0 Å². The average Bonchev–Trinajstić information content (AvgIpc) is 2.28. The Balaban J connectivity index is 2.58. The number of nitrogens with two attached hydrogens (primary N) is 1. The number of benzene rings is 1. The lowest BCUT2D eigenvalue weighted by Crippen LogP contribution is -2.37. The van der Waals surface area contributed by atoms with E-state index in [2.05, 4.69) is 0 Å². The second-order valence-corrected chi connectivity index (χ2v) is 4.26. The summed E-state index contributed by atoms with van der Waals surface area (Å²) >= 11 is 0. The quantitative estimate of drug-likeness (QED) is 0.793. The van der Waals surface area contributed by atoms with Crippen molar-refractivity contribution in [3.05, 3.63) is 35.9 Å². The lowest BCUT2D eigenvalue weighted by molar-refractivity contribution is -0.151. The van der Waals surface area contributed by atoms with Gasteiger partial charge in [0.2, 0.25) is 0 Å². The van der Waals surface area contributed by atoms with Crippen LogP contribution >= 0.6 is 0 Å². The van der Waals surface area contributed by atoms with Crippen LogP contribution in [0.15, 0.2) is 30.3 Å². The first-order valence-electron chi connectivity index (χ1n) is 5.53. The molecule has 0 radical (unpaired) electrons. The first-order chi connectivity index (χ1) is 7.52. The van der Waals surface area contributed by atoms with E-state index >= 15 is 0 Å². The monoisotopic (exact) mass is 221 g/mol. The molecular weight excluding hydrogens is 202 g/mol. The van der Waals surface area contributed by atoms with E-state index in [-0.39, 0.29) is 18.0 Å². The first-order valence-corrected chi connectivity index (χ1v) is 5.53. The third-order valence-corrected chi connectivity index (χ3v) is 2.55. The number of hydrogen-bond acceptors (Lipinski definition) is 3. The van der Waals surface area contributed by atoms with Crippen molar-refractivity contribution < 1.29 is 9.53 Å². The van der Waals surface area contributed by atoms with E-state index in [0.29, 0.717) is 0 Å². The SMILES string of the molecule is CC(OC(=O)[C@@H](N)C(C)C)c1ccccc1. The maximum atomic E-state index is 11.6. The summed E-state index contributed by atoms with van der Waals surface area (Å²) in [4.78, 5) is 11.6. The Labute approximate surface area is 96.6 Å². The molecule has 2 atom stereocenters. The van der Waals surface area contributed by atoms with Crippen LogP contribution in [0, 0.1) is 5.92 Å². The zero-order chi connectivity index (χ0) is 12.1. The third-order valence-electron chi connectivity index (χ3n) is 2.55. The fourth-order valence-electron chi connectivity index (χ4n) is 1.32. The van der Waals surface area contributed by atoms with Crippen molar-refractivity contribution in [2.75, 3.05) is 0 Å². The van der Waals surface area contributed by atoms with Crippen molar-refractivity contribution >= 4 is 5.97 Å². The van der Waals surface area contributed by atoms with E-state index in [1.54, 1.807) is 0 Å². The first kappa shape index (κ1) is 12.7. The predicted octanol–water partition coefficient (Wildman–Crippen LogP) is 2.27. The number of carbonyl (C=O) groups is 1. The Hall–Kier alpha value is -1.35. The minimum atomic E-state index is -0.550. The van der Waals surface area contributed by atoms with Gasteiger partial charge < -0.3 is 10.5 Å². The Morgan fingerprint density at radius 3 is 2.25 bits per heavy atom. The normalized spacial score (nSPS) is 14.6. The van der Waals surface area contributed by atoms with Crippen molar-refractivity contribution in [2.24, 2.45) is 11.7 Å². The largest absolute Gasteiger partial charge is 0.457 e. The topological polar surface area (TPSA) is 52.3 Å². The zero-order valence-corrected chi connectivity index (χ0v) is 10.0. The van der Waals surface area contributed by atoms with E-state index in [1.807, 2.05) is 51.1 Å². The number of carbonyl (C=O) groups excluding carboxylic acids is 1. The van der Waals surface area contributed by atoms with E-state index < -0.39 is 6.04 Å². The fourth-order valence-corrected chi connectivity index (χ4v) is 1.32. The average molecular weight is 221 g/mol. The molecule has 3 nitrogen and oxygen atoms in total. The Kier molecular flexibility index (Phi) is 4.50. The predicted molar refractivity (Wildman–Crippen MR) is 63.8 cm³/mol. The molecule has 16 heavy (non-hydrogen) atoms. The van der Waals surface area contributed by atoms with Gasteiger partial charge in [0.05, 0.1) is 0 Å². The maximum absolute atomic E-state index is 11.6. The molecule has 0 saturated carbocycles. The molecule has 0 fully saturated rings. The number of rotatable bonds is 4. The molecule has 0 saturated heterocycles. The molecule has 0 aromatic heterocycles. The lowest BCUT2D eigenvalue weighted by Gasteiger charge is -2.18. The molecule has 0 aliphatic heterocycles. The molecule has 1 aromatic carbocycles. The number of ether oxygens (including phenoxy) is 1. The molecule has 0 bridgehead atoms. The summed E-state index contributed by atoms with van der Waals surface area (Å²) in [6, 6.07) is 9.07. The Morgan fingerprint density at radius 2 is 1.75 bits per heavy atom. The van der Waals surface area contributed by atoms with Gasteiger partial charge in [-0.05, 0) is 18.4 Å². The minimum absolute atomic E-state index is 0.0930. The number of hydrogen-bond donors (Lipinski definition) is 1. The second kappa shape index (κ2) is 5.66. The van der Waals surface area contributed by atoms with Crippen LogP contribution in [-0.2, 0) is 9.53 Å². The molecule has 0 aliphatic carbocycles. The molecule has 88 valence electrons. The summed E-state index contributed by atoms with van der Waals surface area (Å²) in [7, 11) is 0. The van der Waals surface area contributed by atoms with Crippen LogP contribution in [0.1, 0.15) is 32.4 Å². The van der Waals surface area contributed by atoms with Crippen LogP contribution in [-0.4, -0.2) is 12.0 Å². The van der Waals surface area contributed by atoms with Crippen LogP contribution < -0.4 is 5.73 Å². The summed E-state index contributed by atoms with van der Waals surface area (Å²) in [5, 5.41) is 0. The van der Waals surface area contributed by atoms with Crippen molar-refractivity contribution in [3.8, 4) is 0 Å². The van der Waals surface area contributed by atoms with Gasteiger partial charge in [0.15, 0.2) is 0 Å². The Morgan fingerprint density at radius 1 is 1.19 bits per heavy atom. The molecule has 1 aromatic rings. The molecule has 1 rings (SSSR count). The van der Waals surface area contributed by atoms with Gasteiger partial charge in [0, 0.05) is 0 Å². The number of esters is 1. The van der Waals surface area contributed by atoms with E-state index in [0.717, 1.165) is 5.56 Å². The van der Waals surface area contributed by atoms with Gasteiger partial charge in [-0.25, -0.2) is 0 Å². The van der Waals surface area contributed by atoms with Gasteiger partial charge in [-0.1, -0.05) is 44.2 Å². The van der Waals surface area contributed by atoms with Gasteiger partial charge in [0.1, 0.15) is 12.1 Å². The molecular formula is C13H19NO2. The highest BCUT2D eigenvalue weighted by atomic mass is 16.5. The molecule has 0 spiro atoms. The fraction of sp³-hybridized carbons (Fsp3) is 0.462.